The van der Waals surface area contributed by atoms with Crippen molar-refractivity contribution in [1.29, 1.82) is 0 Å². The lowest BCUT2D eigenvalue weighted by molar-refractivity contribution is -0.151. The maximum absolute atomic E-state index is 12.0. The standard InChI is InChI=1S/C17H23NO7/c1-17(2,3)25-16(21)18-11(14(19)15(20)22-4)7-10-5-6-12-13(8-10)24-9-23-12/h5-6,8,11,14,19H,7,9H2,1-4H3,(H,18,21). The first-order valence-corrected chi connectivity index (χ1v) is 7.83. The van der Waals surface area contributed by atoms with E-state index in [1.54, 1.807) is 39.0 Å². The number of carbonyl (C=O) groups is 2. The summed E-state index contributed by atoms with van der Waals surface area (Å²) >= 11 is 0. The molecular weight excluding hydrogens is 330 g/mol. The smallest absolute Gasteiger partial charge is 0.407 e. The maximum atomic E-state index is 12.0. The minimum absolute atomic E-state index is 0.142. The zero-order chi connectivity index (χ0) is 18.6. The lowest BCUT2D eigenvalue weighted by atomic mass is 10.0. The van der Waals surface area contributed by atoms with Crippen LogP contribution in [0.3, 0.4) is 0 Å². The summed E-state index contributed by atoms with van der Waals surface area (Å²) < 4.78 is 20.3. The maximum Gasteiger partial charge on any atom is 0.407 e. The number of esters is 1. The summed E-state index contributed by atoms with van der Waals surface area (Å²) in [5.41, 5.74) is 0.0390. The van der Waals surface area contributed by atoms with Gasteiger partial charge in [-0.05, 0) is 44.9 Å². The third-order valence-corrected chi connectivity index (χ3v) is 3.42. The highest BCUT2D eigenvalue weighted by Gasteiger charge is 2.30. The summed E-state index contributed by atoms with van der Waals surface area (Å²) in [4.78, 5) is 23.7. The number of aliphatic hydroxyl groups is 1. The van der Waals surface area contributed by atoms with Crippen LogP contribution in [0.1, 0.15) is 26.3 Å². The van der Waals surface area contributed by atoms with Gasteiger partial charge in [-0.1, -0.05) is 6.07 Å². The molecule has 25 heavy (non-hydrogen) atoms. The van der Waals surface area contributed by atoms with Crippen LogP contribution in [0.15, 0.2) is 18.2 Å². The van der Waals surface area contributed by atoms with Crippen LogP contribution in [-0.4, -0.2) is 48.8 Å². The number of methoxy groups -OCH3 is 1. The molecule has 2 unspecified atom stereocenters. The van der Waals surface area contributed by atoms with Gasteiger partial charge in [0.2, 0.25) is 6.79 Å². The molecule has 0 aliphatic carbocycles. The number of nitrogens with one attached hydrogen (secondary N) is 1. The minimum atomic E-state index is -1.54. The average molecular weight is 353 g/mol. The fourth-order valence-electron chi connectivity index (χ4n) is 2.31. The van der Waals surface area contributed by atoms with Gasteiger partial charge in [0, 0.05) is 0 Å². The molecule has 0 saturated carbocycles. The number of amides is 1. The predicted octanol–water partition coefficient (Wildman–Crippen LogP) is 1.38. The van der Waals surface area contributed by atoms with E-state index >= 15 is 0 Å². The van der Waals surface area contributed by atoms with E-state index in [1.807, 2.05) is 0 Å². The van der Waals surface area contributed by atoms with Gasteiger partial charge in [0.05, 0.1) is 13.2 Å². The number of alkyl carbamates (subject to hydrolysis) is 1. The van der Waals surface area contributed by atoms with Crippen LogP contribution in [0.2, 0.25) is 0 Å². The molecule has 8 heteroatoms. The van der Waals surface area contributed by atoms with Crippen LogP contribution < -0.4 is 14.8 Å². The number of carbonyl (C=O) groups excluding carboxylic acids is 2. The molecule has 2 rings (SSSR count). The van der Waals surface area contributed by atoms with Crippen molar-refractivity contribution in [1.82, 2.24) is 5.32 Å². The number of ether oxygens (including phenoxy) is 4. The van der Waals surface area contributed by atoms with Crippen molar-refractivity contribution < 1.29 is 33.6 Å². The highest BCUT2D eigenvalue weighted by atomic mass is 16.7. The van der Waals surface area contributed by atoms with Crippen LogP contribution in [0, 0.1) is 0 Å². The minimum Gasteiger partial charge on any atom is -0.467 e. The van der Waals surface area contributed by atoms with Gasteiger partial charge in [0.15, 0.2) is 17.6 Å². The van der Waals surface area contributed by atoms with Gasteiger partial charge < -0.3 is 29.4 Å². The third-order valence-electron chi connectivity index (χ3n) is 3.42. The van der Waals surface area contributed by atoms with Crippen LogP contribution in [0.4, 0.5) is 4.79 Å². The fourth-order valence-corrected chi connectivity index (χ4v) is 2.31. The molecule has 1 aromatic carbocycles. The second-order valence-corrected chi connectivity index (χ2v) is 6.61. The van der Waals surface area contributed by atoms with Crippen LogP contribution in [-0.2, 0) is 20.7 Å². The third kappa shape index (κ3) is 5.25. The Morgan fingerprint density at radius 3 is 2.60 bits per heavy atom. The van der Waals surface area contributed by atoms with Crippen molar-refractivity contribution in [3.05, 3.63) is 23.8 Å². The van der Waals surface area contributed by atoms with Gasteiger partial charge in [-0.25, -0.2) is 9.59 Å². The number of fused-ring (bicyclic) bond motifs is 1. The Bertz CT molecular complexity index is 638. The molecule has 8 nitrogen and oxygen atoms in total. The Balaban J connectivity index is 2.13. The molecule has 1 heterocycles. The molecule has 1 amide bonds. The molecule has 1 aliphatic rings. The van der Waals surface area contributed by atoms with E-state index in [9.17, 15) is 14.7 Å². The van der Waals surface area contributed by atoms with E-state index in [-0.39, 0.29) is 13.2 Å². The van der Waals surface area contributed by atoms with Crippen molar-refractivity contribution in [2.24, 2.45) is 0 Å². The number of aliphatic hydroxyl groups excluding tert-OH is 1. The first kappa shape index (κ1) is 18.9. The number of hydrogen-bond acceptors (Lipinski definition) is 7. The summed E-state index contributed by atoms with van der Waals surface area (Å²) in [5.74, 6) is 0.344. The Kier molecular flexibility index (Phi) is 5.73. The summed E-state index contributed by atoms with van der Waals surface area (Å²) in [5, 5.41) is 12.7. The summed E-state index contributed by atoms with van der Waals surface area (Å²) in [6, 6.07) is 4.30. The van der Waals surface area contributed by atoms with Crippen molar-refractivity contribution in [2.45, 2.75) is 44.9 Å². The quantitative estimate of drug-likeness (QED) is 0.771. The molecule has 0 fully saturated rings. The topological polar surface area (TPSA) is 103 Å². The molecule has 138 valence electrons. The first-order valence-electron chi connectivity index (χ1n) is 7.83. The van der Waals surface area contributed by atoms with E-state index in [2.05, 4.69) is 10.1 Å². The molecular formula is C17H23NO7. The molecule has 1 aromatic rings. The van der Waals surface area contributed by atoms with Crippen molar-refractivity contribution >= 4 is 12.1 Å². The Hall–Kier alpha value is -2.48. The molecule has 0 radical (unpaired) electrons. The number of benzene rings is 1. The van der Waals surface area contributed by atoms with E-state index in [4.69, 9.17) is 14.2 Å². The SMILES string of the molecule is COC(=O)C(O)C(Cc1ccc2c(c1)OCO2)NC(=O)OC(C)(C)C. The summed E-state index contributed by atoms with van der Waals surface area (Å²) in [6.45, 7) is 5.30. The first-order chi connectivity index (χ1) is 11.7. The van der Waals surface area contributed by atoms with Gasteiger partial charge in [-0.3, -0.25) is 0 Å². The number of rotatable bonds is 5. The van der Waals surface area contributed by atoms with Gasteiger partial charge in [-0.15, -0.1) is 0 Å². The normalized spacial score (nSPS) is 15.2. The highest BCUT2D eigenvalue weighted by molar-refractivity contribution is 5.77. The van der Waals surface area contributed by atoms with E-state index in [1.165, 1.54) is 0 Å². The summed E-state index contributed by atoms with van der Waals surface area (Å²) in [7, 11) is 1.16. The fraction of sp³-hybridized carbons (Fsp3) is 0.529. The van der Waals surface area contributed by atoms with Gasteiger partial charge in [0.1, 0.15) is 5.60 Å². The van der Waals surface area contributed by atoms with E-state index in [0.717, 1.165) is 12.7 Å². The monoisotopic (exact) mass is 353 g/mol. The van der Waals surface area contributed by atoms with Gasteiger partial charge in [-0.2, -0.15) is 0 Å². The molecule has 0 saturated heterocycles. The van der Waals surface area contributed by atoms with Crippen molar-refractivity contribution in [3.63, 3.8) is 0 Å². The van der Waals surface area contributed by atoms with Crippen molar-refractivity contribution in [3.8, 4) is 11.5 Å². The number of hydrogen-bond donors (Lipinski definition) is 2. The Labute approximate surface area is 146 Å². The van der Waals surface area contributed by atoms with Gasteiger partial charge in [0.25, 0.3) is 0 Å². The largest absolute Gasteiger partial charge is 0.467 e. The van der Waals surface area contributed by atoms with E-state index < -0.39 is 29.8 Å². The molecule has 1 aliphatic heterocycles. The molecule has 0 bridgehead atoms. The molecule has 2 atom stereocenters. The lowest BCUT2D eigenvalue weighted by Gasteiger charge is -2.25. The molecule has 0 spiro atoms. The second kappa shape index (κ2) is 7.60. The van der Waals surface area contributed by atoms with Crippen LogP contribution in [0.5, 0.6) is 11.5 Å². The molecule has 0 aromatic heterocycles. The zero-order valence-corrected chi connectivity index (χ0v) is 14.7. The molecule has 2 N–H and O–H groups in total. The summed E-state index contributed by atoms with van der Waals surface area (Å²) in [6.07, 6.45) is -2.10. The zero-order valence-electron chi connectivity index (χ0n) is 14.7. The van der Waals surface area contributed by atoms with Crippen molar-refractivity contribution in [2.75, 3.05) is 13.9 Å². The second-order valence-electron chi connectivity index (χ2n) is 6.61. The van der Waals surface area contributed by atoms with Gasteiger partial charge >= 0.3 is 12.1 Å². The predicted molar refractivity (Wildman–Crippen MR) is 87.4 cm³/mol. The van der Waals surface area contributed by atoms with Crippen LogP contribution in [0.25, 0.3) is 0 Å². The Morgan fingerprint density at radius 1 is 1.28 bits per heavy atom. The Morgan fingerprint density at radius 2 is 1.96 bits per heavy atom. The lowest BCUT2D eigenvalue weighted by Crippen LogP contribution is -2.50. The average Bonchev–Trinajstić information content (AvgIpc) is 2.98. The van der Waals surface area contributed by atoms with E-state index in [0.29, 0.717) is 11.5 Å². The van der Waals surface area contributed by atoms with Crippen LogP contribution >= 0.6 is 0 Å². The highest BCUT2D eigenvalue weighted by Crippen LogP contribution is 2.32.